The number of thiophene rings is 1. The van der Waals surface area contributed by atoms with Gasteiger partial charge < -0.3 is 4.74 Å². The highest BCUT2D eigenvalue weighted by Crippen LogP contribution is 2.24. The van der Waals surface area contributed by atoms with Gasteiger partial charge in [-0.1, -0.05) is 16.9 Å². The van der Waals surface area contributed by atoms with E-state index in [-0.39, 0.29) is 5.78 Å². The van der Waals surface area contributed by atoms with Crippen LogP contribution in [0.25, 0.3) is 0 Å². The highest BCUT2D eigenvalue weighted by Gasteiger charge is 2.06. The van der Waals surface area contributed by atoms with Gasteiger partial charge >= 0.3 is 0 Å². The van der Waals surface area contributed by atoms with Gasteiger partial charge in [-0.25, -0.2) is 0 Å². The van der Waals surface area contributed by atoms with Crippen molar-refractivity contribution >= 4 is 17.1 Å². The van der Waals surface area contributed by atoms with Crippen molar-refractivity contribution in [3.05, 3.63) is 28.7 Å². The van der Waals surface area contributed by atoms with Gasteiger partial charge in [0.2, 0.25) is 0 Å². The fraction of sp³-hybridized carbons (Fsp3) is 0.300. The van der Waals surface area contributed by atoms with Crippen molar-refractivity contribution in [1.82, 2.24) is 0 Å². The Labute approximate surface area is 81.8 Å². The third kappa shape index (κ3) is 2.70. The summed E-state index contributed by atoms with van der Waals surface area (Å²) in [6.45, 7) is 3.81. The maximum Gasteiger partial charge on any atom is 0.195 e. The van der Waals surface area contributed by atoms with Gasteiger partial charge in [-0.2, -0.15) is 0 Å². The zero-order valence-electron chi connectivity index (χ0n) is 7.96. The molecule has 0 bridgehead atoms. The molecule has 0 aromatic carbocycles. The lowest BCUT2D eigenvalue weighted by molar-refractivity contribution is 0.105. The Balaban J connectivity index is 2.83. The molecule has 70 valence electrons. The zero-order chi connectivity index (χ0) is 9.84. The summed E-state index contributed by atoms with van der Waals surface area (Å²) in [7, 11) is 1.60. The first-order valence-electron chi connectivity index (χ1n) is 3.96. The maximum atomic E-state index is 11.5. The summed E-state index contributed by atoms with van der Waals surface area (Å²) < 4.78 is 5.00. The molecule has 1 aromatic rings. The van der Waals surface area contributed by atoms with Crippen molar-refractivity contribution < 1.29 is 9.53 Å². The molecule has 0 radical (unpaired) electrons. The first-order chi connectivity index (χ1) is 6.13. The topological polar surface area (TPSA) is 26.3 Å². The lowest BCUT2D eigenvalue weighted by atomic mass is 10.2. The molecule has 0 spiro atoms. The summed E-state index contributed by atoms with van der Waals surface area (Å²) in [4.78, 5) is 12.2. The predicted molar refractivity (Wildman–Crippen MR) is 54.6 cm³/mol. The van der Waals surface area contributed by atoms with Gasteiger partial charge in [0.1, 0.15) is 0 Å². The van der Waals surface area contributed by atoms with Crippen molar-refractivity contribution in [1.29, 1.82) is 0 Å². The highest BCUT2D eigenvalue weighted by atomic mass is 32.1. The molecule has 0 fully saturated rings. The van der Waals surface area contributed by atoms with Crippen LogP contribution in [0.3, 0.4) is 0 Å². The minimum Gasteiger partial charge on any atom is -0.487 e. The molecule has 3 heteroatoms. The Kier molecular flexibility index (Phi) is 3.25. The van der Waals surface area contributed by atoms with Crippen LogP contribution in [0.15, 0.2) is 23.8 Å². The Bertz CT molecular complexity index is 332. The molecule has 0 saturated heterocycles. The maximum absolute atomic E-state index is 11.5. The first kappa shape index (κ1) is 9.99. The van der Waals surface area contributed by atoms with Crippen LogP contribution in [-0.2, 0) is 0 Å². The molecule has 0 aliphatic heterocycles. The third-order valence-corrected chi connectivity index (χ3v) is 2.51. The predicted octanol–water partition coefficient (Wildman–Crippen LogP) is 2.91. The number of ether oxygens (including phenoxy) is 1. The minimum absolute atomic E-state index is 0.0494. The Hall–Kier alpha value is -1.09. The number of carbonyl (C=O) groups excluding carboxylic acids is 1. The molecular formula is C10H12O2S. The molecule has 0 amide bonds. The number of hydrogen-bond acceptors (Lipinski definition) is 3. The van der Waals surface area contributed by atoms with Crippen molar-refractivity contribution in [3.8, 4) is 5.06 Å². The molecule has 1 rings (SSSR count). The van der Waals surface area contributed by atoms with Gasteiger partial charge in [-0.15, -0.1) is 0 Å². The van der Waals surface area contributed by atoms with Crippen LogP contribution in [0, 0.1) is 0 Å². The molecule has 1 aromatic heterocycles. The van der Waals surface area contributed by atoms with Crippen LogP contribution in [0.2, 0.25) is 0 Å². The van der Waals surface area contributed by atoms with E-state index in [9.17, 15) is 4.79 Å². The van der Waals surface area contributed by atoms with E-state index in [0.29, 0.717) is 0 Å². The Morgan fingerprint density at radius 1 is 1.46 bits per heavy atom. The second-order valence-electron chi connectivity index (χ2n) is 2.91. The number of allylic oxidation sites excluding steroid dienone is 2. The molecule has 0 N–H and O–H groups in total. The van der Waals surface area contributed by atoms with Crippen LogP contribution in [0.1, 0.15) is 23.5 Å². The number of rotatable bonds is 3. The summed E-state index contributed by atoms with van der Waals surface area (Å²) in [6, 6.07) is 3.59. The van der Waals surface area contributed by atoms with E-state index in [2.05, 4.69) is 0 Å². The fourth-order valence-electron chi connectivity index (χ4n) is 0.896. The van der Waals surface area contributed by atoms with Crippen LogP contribution < -0.4 is 4.74 Å². The van der Waals surface area contributed by atoms with E-state index < -0.39 is 0 Å². The van der Waals surface area contributed by atoms with Crippen LogP contribution in [-0.4, -0.2) is 12.9 Å². The molecule has 0 atom stereocenters. The van der Waals surface area contributed by atoms with Gasteiger partial charge in [0.05, 0.1) is 12.0 Å². The van der Waals surface area contributed by atoms with Crippen molar-refractivity contribution in [2.75, 3.05) is 7.11 Å². The van der Waals surface area contributed by atoms with E-state index in [1.807, 2.05) is 13.8 Å². The summed E-state index contributed by atoms with van der Waals surface area (Å²) in [5.74, 6) is 0.0494. The van der Waals surface area contributed by atoms with E-state index in [1.165, 1.54) is 11.3 Å². The SMILES string of the molecule is COc1ccc(C(=O)C=C(C)C)s1. The third-order valence-electron chi connectivity index (χ3n) is 1.45. The summed E-state index contributed by atoms with van der Waals surface area (Å²) in [6.07, 6.45) is 1.63. The standard InChI is InChI=1S/C10H12O2S/c1-7(2)6-8(11)9-4-5-10(12-3)13-9/h4-6H,1-3H3. The Morgan fingerprint density at radius 2 is 2.15 bits per heavy atom. The highest BCUT2D eigenvalue weighted by molar-refractivity contribution is 7.15. The van der Waals surface area contributed by atoms with Crippen LogP contribution in [0.5, 0.6) is 5.06 Å². The summed E-state index contributed by atoms with van der Waals surface area (Å²) >= 11 is 1.37. The summed E-state index contributed by atoms with van der Waals surface area (Å²) in [5, 5.41) is 0.769. The van der Waals surface area contributed by atoms with Crippen LogP contribution >= 0.6 is 11.3 Å². The second-order valence-corrected chi connectivity index (χ2v) is 3.96. The molecule has 13 heavy (non-hydrogen) atoms. The second kappa shape index (κ2) is 4.23. The van der Waals surface area contributed by atoms with Crippen molar-refractivity contribution in [2.24, 2.45) is 0 Å². The van der Waals surface area contributed by atoms with E-state index in [1.54, 1.807) is 25.3 Å². The molecular weight excluding hydrogens is 184 g/mol. The lowest BCUT2D eigenvalue weighted by Gasteiger charge is -1.91. The van der Waals surface area contributed by atoms with Gasteiger partial charge in [0.25, 0.3) is 0 Å². The molecule has 0 unspecified atom stereocenters. The normalized spacial score (nSPS) is 9.46. The van der Waals surface area contributed by atoms with E-state index >= 15 is 0 Å². The average Bonchev–Trinajstić information content (AvgIpc) is 2.50. The zero-order valence-corrected chi connectivity index (χ0v) is 8.77. The molecule has 0 aliphatic carbocycles. The van der Waals surface area contributed by atoms with Gasteiger partial charge in [-0.3, -0.25) is 4.79 Å². The van der Waals surface area contributed by atoms with Gasteiger partial charge in [0.15, 0.2) is 10.8 Å². The molecule has 2 nitrogen and oxygen atoms in total. The monoisotopic (exact) mass is 196 g/mol. The quantitative estimate of drug-likeness (QED) is 0.549. The van der Waals surface area contributed by atoms with Gasteiger partial charge in [0, 0.05) is 0 Å². The number of hydrogen-bond donors (Lipinski definition) is 0. The largest absolute Gasteiger partial charge is 0.487 e. The lowest BCUT2D eigenvalue weighted by Crippen LogP contribution is -1.89. The Morgan fingerprint density at radius 3 is 2.62 bits per heavy atom. The molecule has 0 aliphatic rings. The number of ketones is 1. The van der Waals surface area contributed by atoms with Crippen molar-refractivity contribution in [2.45, 2.75) is 13.8 Å². The van der Waals surface area contributed by atoms with Gasteiger partial charge in [-0.05, 0) is 32.1 Å². The van der Waals surface area contributed by atoms with E-state index in [4.69, 9.17) is 4.74 Å². The van der Waals surface area contributed by atoms with E-state index in [0.717, 1.165) is 15.5 Å². The average molecular weight is 196 g/mol. The summed E-state index contributed by atoms with van der Waals surface area (Å²) in [5.41, 5.74) is 1.01. The first-order valence-corrected chi connectivity index (χ1v) is 4.78. The number of carbonyl (C=O) groups is 1. The molecule has 1 heterocycles. The minimum atomic E-state index is 0.0494. The fourth-order valence-corrected chi connectivity index (χ4v) is 1.63. The molecule has 0 saturated carbocycles. The van der Waals surface area contributed by atoms with Crippen molar-refractivity contribution in [3.63, 3.8) is 0 Å². The number of methoxy groups -OCH3 is 1. The smallest absolute Gasteiger partial charge is 0.195 e. The van der Waals surface area contributed by atoms with Crippen LogP contribution in [0.4, 0.5) is 0 Å².